The van der Waals surface area contributed by atoms with Gasteiger partial charge in [0.1, 0.15) is 22.8 Å². The summed E-state index contributed by atoms with van der Waals surface area (Å²) in [4.78, 5) is 12.9. The number of methoxy groups -OCH3 is 2. The van der Waals surface area contributed by atoms with E-state index in [-0.39, 0.29) is 5.75 Å². The van der Waals surface area contributed by atoms with Crippen molar-refractivity contribution in [1.82, 2.24) is 0 Å². The third kappa shape index (κ3) is 3.07. The summed E-state index contributed by atoms with van der Waals surface area (Å²) in [5.74, 6) is 1.46. The predicted octanol–water partition coefficient (Wildman–Crippen LogP) is 4.85. The summed E-state index contributed by atoms with van der Waals surface area (Å²) < 4.78 is 16.0. The Morgan fingerprint density at radius 3 is 1.82 bits per heavy atom. The van der Waals surface area contributed by atoms with Gasteiger partial charge in [-0.1, -0.05) is 24.3 Å². The first-order valence-electron chi connectivity index (χ1n) is 8.69. The fraction of sp³-hybridized carbons (Fsp3) is 0.0870. The summed E-state index contributed by atoms with van der Waals surface area (Å²) >= 11 is 0. The molecule has 0 spiro atoms. The van der Waals surface area contributed by atoms with Gasteiger partial charge < -0.3 is 19.0 Å². The molecule has 0 aliphatic carbocycles. The average molecular weight is 374 g/mol. The monoisotopic (exact) mass is 374 g/mol. The Morgan fingerprint density at radius 2 is 1.29 bits per heavy atom. The highest BCUT2D eigenvalue weighted by molar-refractivity contribution is 6.01. The summed E-state index contributed by atoms with van der Waals surface area (Å²) in [6, 6.07) is 19.5. The van der Waals surface area contributed by atoms with Crippen LogP contribution in [0.25, 0.3) is 33.2 Å². The lowest BCUT2D eigenvalue weighted by atomic mass is 9.93. The Balaban J connectivity index is 2.05. The van der Waals surface area contributed by atoms with E-state index in [1.165, 1.54) is 6.07 Å². The van der Waals surface area contributed by atoms with Gasteiger partial charge in [-0.05, 0) is 47.5 Å². The standard InChI is InChI=1S/C23H18O5/c1-26-17-8-3-14(4-9-17)21-19-12-7-16(24)13-20(19)28-23(25)22(21)15-5-10-18(27-2)11-6-15/h3-13,24H,1-2H3. The van der Waals surface area contributed by atoms with Crippen molar-refractivity contribution in [3.05, 3.63) is 77.2 Å². The number of hydrogen-bond acceptors (Lipinski definition) is 5. The van der Waals surface area contributed by atoms with Crippen LogP contribution in [-0.4, -0.2) is 19.3 Å². The van der Waals surface area contributed by atoms with E-state index in [4.69, 9.17) is 13.9 Å². The van der Waals surface area contributed by atoms with E-state index in [1.54, 1.807) is 38.5 Å². The maximum absolute atomic E-state index is 12.9. The Hall–Kier alpha value is -3.73. The number of phenolic OH excluding ortho intramolecular Hbond substituents is 1. The lowest BCUT2D eigenvalue weighted by Crippen LogP contribution is -2.06. The second-order valence-electron chi connectivity index (χ2n) is 6.28. The normalized spacial score (nSPS) is 10.8. The van der Waals surface area contributed by atoms with Crippen LogP contribution in [-0.2, 0) is 0 Å². The van der Waals surface area contributed by atoms with E-state index in [0.29, 0.717) is 16.9 Å². The van der Waals surface area contributed by atoms with E-state index >= 15 is 0 Å². The topological polar surface area (TPSA) is 68.9 Å². The Kier molecular flexibility index (Phi) is 4.49. The number of aromatic hydroxyl groups is 1. The van der Waals surface area contributed by atoms with Crippen LogP contribution in [0.15, 0.2) is 75.9 Å². The molecule has 4 aromatic rings. The van der Waals surface area contributed by atoms with Crippen molar-refractivity contribution in [3.8, 4) is 39.5 Å². The molecule has 0 bridgehead atoms. The molecule has 4 rings (SSSR count). The van der Waals surface area contributed by atoms with E-state index < -0.39 is 5.63 Å². The SMILES string of the molecule is COc1ccc(-c2c(-c3ccc(OC)cc3)c3ccc(O)cc3oc2=O)cc1. The molecule has 5 heteroatoms. The highest BCUT2D eigenvalue weighted by Gasteiger charge is 2.18. The second-order valence-corrected chi connectivity index (χ2v) is 6.28. The Bertz CT molecular complexity index is 1190. The van der Waals surface area contributed by atoms with Crippen LogP contribution >= 0.6 is 0 Å². The van der Waals surface area contributed by atoms with Crippen LogP contribution in [0.5, 0.6) is 17.2 Å². The summed E-state index contributed by atoms with van der Waals surface area (Å²) in [6.45, 7) is 0. The highest BCUT2D eigenvalue weighted by Crippen LogP contribution is 2.37. The minimum Gasteiger partial charge on any atom is -0.508 e. The molecule has 1 N–H and O–H groups in total. The quantitative estimate of drug-likeness (QED) is 0.517. The fourth-order valence-electron chi connectivity index (χ4n) is 3.27. The molecule has 0 atom stereocenters. The molecular formula is C23H18O5. The molecule has 0 radical (unpaired) electrons. The van der Waals surface area contributed by atoms with Crippen LogP contribution in [0.4, 0.5) is 0 Å². The molecule has 0 saturated carbocycles. The maximum Gasteiger partial charge on any atom is 0.344 e. The van der Waals surface area contributed by atoms with Crippen molar-refractivity contribution >= 4 is 11.0 Å². The van der Waals surface area contributed by atoms with Crippen LogP contribution in [0.1, 0.15) is 0 Å². The number of fused-ring (bicyclic) bond motifs is 1. The lowest BCUT2D eigenvalue weighted by molar-refractivity contribution is 0.414. The second kappa shape index (κ2) is 7.12. The van der Waals surface area contributed by atoms with E-state index in [9.17, 15) is 9.90 Å². The fourth-order valence-corrected chi connectivity index (χ4v) is 3.27. The minimum atomic E-state index is -0.478. The lowest BCUT2D eigenvalue weighted by Gasteiger charge is -2.13. The van der Waals surface area contributed by atoms with Gasteiger partial charge in [-0.2, -0.15) is 0 Å². The van der Waals surface area contributed by atoms with Crippen LogP contribution in [0.3, 0.4) is 0 Å². The van der Waals surface area contributed by atoms with Gasteiger partial charge >= 0.3 is 5.63 Å². The first kappa shape index (κ1) is 17.7. The Morgan fingerprint density at radius 1 is 0.750 bits per heavy atom. The zero-order valence-corrected chi connectivity index (χ0v) is 15.4. The summed E-state index contributed by atoms with van der Waals surface area (Å²) in [6.07, 6.45) is 0. The van der Waals surface area contributed by atoms with Gasteiger partial charge in [-0.3, -0.25) is 0 Å². The molecule has 0 unspecified atom stereocenters. The van der Waals surface area contributed by atoms with Gasteiger partial charge in [0.05, 0.1) is 19.8 Å². The van der Waals surface area contributed by atoms with Crippen molar-refractivity contribution in [2.75, 3.05) is 14.2 Å². The number of phenols is 1. The van der Waals surface area contributed by atoms with Gasteiger partial charge in [-0.15, -0.1) is 0 Å². The van der Waals surface area contributed by atoms with Crippen LogP contribution in [0.2, 0.25) is 0 Å². The van der Waals surface area contributed by atoms with Crippen molar-refractivity contribution in [1.29, 1.82) is 0 Å². The van der Waals surface area contributed by atoms with Crippen molar-refractivity contribution in [2.24, 2.45) is 0 Å². The van der Waals surface area contributed by atoms with Gasteiger partial charge in [0.2, 0.25) is 0 Å². The summed E-state index contributed by atoms with van der Waals surface area (Å²) in [7, 11) is 3.20. The molecule has 3 aromatic carbocycles. The van der Waals surface area contributed by atoms with Gasteiger partial charge in [0.15, 0.2) is 0 Å². The number of rotatable bonds is 4. The number of benzene rings is 3. The van der Waals surface area contributed by atoms with Gasteiger partial charge in [0.25, 0.3) is 0 Å². The number of hydrogen-bond donors (Lipinski definition) is 1. The molecule has 0 amide bonds. The molecular weight excluding hydrogens is 356 g/mol. The van der Waals surface area contributed by atoms with Crippen molar-refractivity contribution in [2.45, 2.75) is 0 Å². The number of ether oxygens (including phenoxy) is 2. The third-order valence-corrected chi connectivity index (χ3v) is 4.65. The van der Waals surface area contributed by atoms with Gasteiger partial charge in [-0.25, -0.2) is 4.79 Å². The van der Waals surface area contributed by atoms with Crippen molar-refractivity contribution in [3.63, 3.8) is 0 Å². The average Bonchev–Trinajstić information content (AvgIpc) is 2.73. The molecule has 1 heterocycles. The molecule has 0 saturated heterocycles. The zero-order chi connectivity index (χ0) is 19.7. The molecule has 0 aliphatic rings. The third-order valence-electron chi connectivity index (χ3n) is 4.65. The zero-order valence-electron chi connectivity index (χ0n) is 15.4. The molecule has 28 heavy (non-hydrogen) atoms. The molecule has 0 fully saturated rings. The summed E-state index contributed by atoms with van der Waals surface area (Å²) in [5, 5.41) is 10.5. The Labute approximate surface area is 161 Å². The molecule has 5 nitrogen and oxygen atoms in total. The predicted molar refractivity (Wildman–Crippen MR) is 108 cm³/mol. The van der Waals surface area contributed by atoms with E-state index in [2.05, 4.69) is 0 Å². The summed E-state index contributed by atoms with van der Waals surface area (Å²) in [5.41, 5.74) is 2.60. The molecule has 1 aromatic heterocycles. The molecule has 140 valence electrons. The largest absolute Gasteiger partial charge is 0.508 e. The minimum absolute atomic E-state index is 0.0357. The van der Waals surface area contributed by atoms with Crippen molar-refractivity contribution < 1.29 is 19.0 Å². The smallest absolute Gasteiger partial charge is 0.344 e. The van der Waals surface area contributed by atoms with E-state index in [1.807, 2.05) is 36.4 Å². The first-order chi connectivity index (χ1) is 13.6. The van der Waals surface area contributed by atoms with Crippen LogP contribution in [0, 0.1) is 0 Å². The molecule has 0 aliphatic heterocycles. The maximum atomic E-state index is 12.9. The van der Waals surface area contributed by atoms with E-state index in [0.717, 1.165) is 27.8 Å². The van der Waals surface area contributed by atoms with Gasteiger partial charge in [0, 0.05) is 17.0 Å². The van der Waals surface area contributed by atoms with Crippen LogP contribution < -0.4 is 15.1 Å². The highest BCUT2D eigenvalue weighted by atomic mass is 16.5. The first-order valence-corrected chi connectivity index (χ1v) is 8.69.